The molecule has 0 heterocycles. The standard InChI is InChI=1S/C15H10F3NO3/c16-11-7-8(15(21)22)5-6-12(11)19-14(20)10-4-2-1-3-9(10)13(17)18/h1-7,13H,(H,19,20)(H,21,22). The number of benzene rings is 2. The molecule has 22 heavy (non-hydrogen) atoms. The van der Waals surface area contributed by atoms with Crippen LogP contribution in [0.25, 0.3) is 0 Å². The number of aromatic carboxylic acids is 1. The first-order valence-electron chi connectivity index (χ1n) is 6.11. The van der Waals surface area contributed by atoms with E-state index >= 15 is 0 Å². The Hall–Kier alpha value is -2.83. The summed E-state index contributed by atoms with van der Waals surface area (Å²) in [6, 6.07) is 7.95. The number of halogens is 3. The molecule has 0 aliphatic carbocycles. The van der Waals surface area contributed by atoms with Gasteiger partial charge in [-0.05, 0) is 24.3 Å². The van der Waals surface area contributed by atoms with E-state index in [1.807, 2.05) is 0 Å². The zero-order chi connectivity index (χ0) is 16.3. The Kier molecular flexibility index (Phi) is 4.45. The SMILES string of the molecule is O=C(O)c1ccc(NC(=O)c2ccccc2C(F)F)c(F)c1. The Morgan fingerprint density at radius 1 is 1.09 bits per heavy atom. The van der Waals surface area contributed by atoms with Crippen molar-refractivity contribution < 1.29 is 27.9 Å². The summed E-state index contributed by atoms with van der Waals surface area (Å²) in [6.45, 7) is 0. The molecule has 114 valence electrons. The molecule has 0 aliphatic heterocycles. The van der Waals surface area contributed by atoms with Crippen LogP contribution in [0.1, 0.15) is 32.7 Å². The minimum Gasteiger partial charge on any atom is -0.478 e. The van der Waals surface area contributed by atoms with Gasteiger partial charge in [-0.25, -0.2) is 18.0 Å². The molecule has 7 heteroatoms. The van der Waals surface area contributed by atoms with Gasteiger partial charge in [0.15, 0.2) is 0 Å². The van der Waals surface area contributed by atoms with Crippen molar-refractivity contribution in [2.45, 2.75) is 6.43 Å². The van der Waals surface area contributed by atoms with Crippen LogP contribution in [-0.4, -0.2) is 17.0 Å². The Bertz CT molecular complexity index is 732. The van der Waals surface area contributed by atoms with Crippen LogP contribution >= 0.6 is 0 Å². The molecular formula is C15H10F3NO3. The van der Waals surface area contributed by atoms with Crippen molar-refractivity contribution >= 4 is 17.6 Å². The fraction of sp³-hybridized carbons (Fsp3) is 0.0667. The van der Waals surface area contributed by atoms with Crippen molar-refractivity contribution in [2.24, 2.45) is 0 Å². The number of rotatable bonds is 4. The molecule has 0 saturated heterocycles. The summed E-state index contributed by atoms with van der Waals surface area (Å²) < 4.78 is 39.4. The smallest absolute Gasteiger partial charge is 0.335 e. The number of amides is 1. The molecule has 0 fully saturated rings. The van der Waals surface area contributed by atoms with Crippen LogP contribution in [0.4, 0.5) is 18.9 Å². The second kappa shape index (κ2) is 6.30. The van der Waals surface area contributed by atoms with E-state index in [4.69, 9.17) is 5.11 Å². The van der Waals surface area contributed by atoms with Crippen molar-refractivity contribution in [2.75, 3.05) is 5.32 Å². The molecule has 0 bridgehead atoms. The number of carbonyl (C=O) groups excluding carboxylic acids is 1. The lowest BCUT2D eigenvalue weighted by Gasteiger charge is -2.10. The van der Waals surface area contributed by atoms with E-state index in [1.54, 1.807) is 0 Å². The van der Waals surface area contributed by atoms with Gasteiger partial charge in [0.25, 0.3) is 12.3 Å². The van der Waals surface area contributed by atoms with Crippen molar-refractivity contribution in [3.63, 3.8) is 0 Å². The van der Waals surface area contributed by atoms with Crippen molar-refractivity contribution in [3.8, 4) is 0 Å². The molecule has 2 N–H and O–H groups in total. The highest BCUT2D eigenvalue weighted by Crippen LogP contribution is 2.24. The molecule has 0 spiro atoms. The number of nitrogens with one attached hydrogen (secondary N) is 1. The third kappa shape index (κ3) is 3.25. The van der Waals surface area contributed by atoms with Gasteiger partial charge in [0.1, 0.15) is 5.82 Å². The normalized spacial score (nSPS) is 10.5. The van der Waals surface area contributed by atoms with Crippen LogP contribution in [0, 0.1) is 5.82 Å². The molecule has 0 aliphatic rings. The largest absolute Gasteiger partial charge is 0.478 e. The first-order valence-corrected chi connectivity index (χ1v) is 6.11. The highest BCUT2D eigenvalue weighted by atomic mass is 19.3. The molecule has 0 aromatic heterocycles. The van der Waals surface area contributed by atoms with E-state index in [2.05, 4.69) is 5.32 Å². The molecule has 0 saturated carbocycles. The second-order valence-corrected chi connectivity index (χ2v) is 4.34. The zero-order valence-corrected chi connectivity index (χ0v) is 11.0. The zero-order valence-electron chi connectivity index (χ0n) is 11.0. The third-order valence-corrected chi connectivity index (χ3v) is 2.90. The second-order valence-electron chi connectivity index (χ2n) is 4.34. The van der Waals surface area contributed by atoms with Gasteiger partial charge < -0.3 is 10.4 Å². The van der Waals surface area contributed by atoms with E-state index in [9.17, 15) is 22.8 Å². The Morgan fingerprint density at radius 3 is 2.36 bits per heavy atom. The molecule has 2 aromatic rings. The first kappa shape index (κ1) is 15.6. The summed E-state index contributed by atoms with van der Waals surface area (Å²) in [4.78, 5) is 22.7. The van der Waals surface area contributed by atoms with Crippen LogP contribution in [-0.2, 0) is 0 Å². The number of alkyl halides is 2. The van der Waals surface area contributed by atoms with E-state index in [-0.39, 0.29) is 16.8 Å². The van der Waals surface area contributed by atoms with Crippen molar-refractivity contribution in [1.82, 2.24) is 0 Å². The number of carbonyl (C=O) groups is 2. The molecule has 1 amide bonds. The highest BCUT2D eigenvalue weighted by molar-refractivity contribution is 6.05. The summed E-state index contributed by atoms with van der Waals surface area (Å²) in [5, 5.41) is 10.9. The summed E-state index contributed by atoms with van der Waals surface area (Å²) >= 11 is 0. The lowest BCUT2D eigenvalue weighted by Crippen LogP contribution is -2.15. The number of carboxylic acids is 1. The molecular weight excluding hydrogens is 299 g/mol. The maximum atomic E-state index is 13.7. The number of carboxylic acid groups (broad SMARTS) is 1. The highest BCUT2D eigenvalue weighted by Gasteiger charge is 2.19. The summed E-state index contributed by atoms with van der Waals surface area (Å²) in [5.74, 6) is -3.19. The topological polar surface area (TPSA) is 66.4 Å². The molecule has 2 aromatic carbocycles. The lowest BCUT2D eigenvalue weighted by atomic mass is 10.1. The first-order chi connectivity index (χ1) is 10.4. The van der Waals surface area contributed by atoms with E-state index in [0.29, 0.717) is 0 Å². The predicted octanol–water partition coefficient (Wildman–Crippen LogP) is 3.71. The molecule has 0 unspecified atom stereocenters. The van der Waals surface area contributed by atoms with Gasteiger partial charge in [-0.3, -0.25) is 4.79 Å². The van der Waals surface area contributed by atoms with Gasteiger partial charge in [-0.2, -0.15) is 0 Å². The predicted molar refractivity (Wildman–Crippen MR) is 72.7 cm³/mol. The molecule has 0 atom stereocenters. The summed E-state index contributed by atoms with van der Waals surface area (Å²) in [6.07, 6.45) is -2.85. The van der Waals surface area contributed by atoms with Crippen molar-refractivity contribution in [1.29, 1.82) is 0 Å². The monoisotopic (exact) mass is 309 g/mol. The fourth-order valence-electron chi connectivity index (χ4n) is 1.83. The molecule has 0 radical (unpaired) electrons. The van der Waals surface area contributed by atoms with Crippen LogP contribution in [0.2, 0.25) is 0 Å². The quantitative estimate of drug-likeness (QED) is 0.904. The van der Waals surface area contributed by atoms with E-state index in [1.165, 1.54) is 18.2 Å². The van der Waals surface area contributed by atoms with E-state index < -0.39 is 29.7 Å². The van der Waals surface area contributed by atoms with E-state index in [0.717, 1.165) is 24.3 Å². The van der Waals surface area contributed by atoms with Crippen molar-refractivity contribution in [3.05, 3.63) is 65.0 Å². The van der Waals surface area contributed by atoms with Gasteiger partial charge in [0, 0.05) is 11.1 Å². The van der Waals surface area contributed by atoms with Crippen LogP contribution < -0.4 is 5.32 Å². The average molecular weight is 309 g/mol. The Morgan fingerprint density at radius 2 is 1.77 bits per heavy atom. The number of hydrogen-bond acceptors (Lipinski definition) is 2. The fourth-order valence-corrected chi connectivity index (χ4v) is 1.83. The van der Waals surface area contributed by atoms with Gasteiger partial charge in [0.05, 0.1) is 11.3 Å². The maximum absolute atomic E-state index is 13.7. The molecule has 4 nitrogen and oxygen atoms in total. The molecule has 2 rings (SSSR count). The number of anilines is 1. The Labute approximate surface area is 123 Å². The average Bonchev–Trinajstić information content (AvgIpc) is 2.48. The maximum Gasteiger partial charge on any atom is 0.335 e. The lowest BCUT2D eigenvalue weighted by molar-refractivity contribution is 0.0696. The van der Waals surface area contributed by atoms with Gasteiger partial charge >= 0.3 is 5.97 Å². The minimum atomic E-state index is -2.85. The van der Waals surface area contributed by atoms with Crippen LogP contribution in [0.3, 0.4) is 0 Å². The van der Waals surface area contributed by atoms with Crippen LogP contribution in [0.15, 0.2) is 42.5 Å². The minimum absolute atomic E-state index is 0.279. The Balaban J connectivity index is 2.28. The van der Waals surface area contributed by atoms with Gasteiger partial charge in [0.2, 0.25) is 0 Å². The third-order valence-electron chi connectivity index (χ3n) is 2.90. The summed E-state index contributed by atoms with van der Waals surface area (Å²) in [7, 11) is 0. The van der Waals surface area contributed by atoms with Crippen LogP contribution in [0.5, 0.6) is 0 Å². The van der Waals surface area contributed by atoms with Gasteiger partial charge in [-0.15, -0.1) is 0 Å². The number of hydrogen-bond donors (Lipinski definition) is 2. The van der Waals surface area contributed by atoms with Gasteiger partial charge in [-0.1, -0.05) is 18.2 Å². The summed E-state index contributed by atoms with van der Waals surface area (Å²) in [5.41, 5.74) is -1.33.